The molecule has 7 heteroatoms. The Morgan fingerprint density at radius 3 is 2.67 bits per heavy atom. The number of nitrogens with zero attached hydrogens (tertiary/aromatic N) is 3. The molecule has 27 heavy (non-hydrogen) atoms. The summed E-state index contributed by atoms with van der Waals surface area (Å²) < 4.78 is 32.7. The van der Waals surface area contributed by atoms with Crippen molar-refractivity contribution in [2.45, 2.75) is 69.2 Å². The van der Waals surface area contributed by atoms with Crippen molar-refractivity contribution >= 4 is 9.84 Å². The Labute approximate surface area is 163 Å². The van der Waals surface area contributed by atoms with Crippen molar-refractivity contribution in [3.63, 3.8) is 0 Å². The molecule has 0 bridgehead atoms. The molecule has 1 heterocycles. The third-order valence-electron chi connectivity index (χ3n) is 5.60. The molecule has 3 rings (SSSR count). The molecule has 1 aromatic heterocycles. The summed E-state index contributed by atoms with van der Waals surface area (Å²) in [4.78, 5) is 6.62. The Bertz CT molecular complexity index is 756. The van der Waals surface area contributed by atoms with Gasteiger partial charge in [0, 0.05) is 26.2 Å². The van der Waals surface area contributed by atoms with Crippen molar-refractivity contribution in [3.05, 3.63) is 11.9 Å². The Balaban J connectivity index is 1.83. The molecule has 0 amide bonds. The van der Waals surface area contributed by atoms with Crippen LogP contribution in [0.4, 0.5) is 0 Å². The highest BCUT2D eigenvalue weighted by atomic mass is 32.2. The molecule has 0 saturated heterocycles. The lowest BCUT2D eigenvalue weighted by atomic mass is 9.94. The number of imidazole rings is 1. The third-order valence-corrected chi connectivity index (χ3v) is 7.39. The van der Waals surface area contributed by atoms with E-state index < -0.39 is 9.84 Å². The van der Waals surface area contributed by atoms with E-state index in [9.17, 15) is 8.42 Å². The molecule has 0 aromatic carbocycles. The molecule has 0 aliphatic heterocycles. The van der Waals surface area contributed by atoms with Gasteiger partial charge in [0.1, 0.15) is 0 Å². The van der Waals surface area contributed by atoms with Gasteiger partial charge in [0.25, 0.3) is 0 Å². The zero-order valence-electron chi connectivity index (χ0n) is 16.3. The lowest BCUT2D eigenvalue weighted by molar-refractivity contribution is 0.157. The average Bonchev–Trinajstić information content (AvgIpc) is 3.37. The molecule has 0 unspecified atom stereocenters. The molecule has 2 aliphatic rings. The first-order chi connectivity index (χ1) is 13.0. The third kappa shape index (κ3) is 5.34. The van der Waals surface area contributed by atoms with Gasteiger partial charge in [-0.15, -0.1) is 6.42 Å². The van der Waals surface area contributed by atoms with Gasteiger partial charge in [-0.3, -0.25) is 4.90 Å². The molecule has 2 fully saturated rings. The minimum absolute atomic E-state index is 0.186. The maximum absolute atomic E-state index is 12.8. The molecule has 6 nitrogen and oxygen atoms in total. The fourth-order valence-corrected chi connectivity index (χ4v) is 5.80. The quantitative estimate of drug-likeness (QED) is 0.572. The standard InChI is InChI=1S/C20H31N3O3S/c1-3-11-22(18-7-5-4-6-8-18)15-19-14-21-20(23(19)12-13-26-2)27(24,25)16-17-9-10-17/h1,14,17-18H,4-13,15-16H2,2H3. The minimum atomic E-state index is -3.37. The summed E-state index contributed by atoms with van der Waals surface area (Å²) in [5.41, 5.74) is 0.905. The fraction of sp³-hybridized carbons (Fsp3) is 0.750. The summed E-state index contributed by atoms with van der Waals surface area (Å²) in [6, 6.07) is 0.465. The smallest absolute Gasteiger partial charge is 0.227 e. The van der Waals surface area contributed by atoms with Gasteiger partial charge < -0.3 is 9.30 Å². The number of hydrogen-bond acceptors (Lipinski definition) is 5. The lowest BCUT2D eigenvalue weighted by Crippen LogP contribution is -2.37. The van der Waals surface area contributed by atoms with Crippen molar-refractivity contribution < 1.29 is 13.2 Å². The highest BCUT2D eigenvalue weighted by Gasteiger charge is 2.32. The molecule has 0 atom stereocenters. The summed E-state index contributed by atoms with van der Waals surface area (Å²) >= 11 is 0. The molecule has 2 aliphatic carbocycles. The topological polar surface area (TPSA) is 64.4 Å². The number of ether oxygens (including phenoxy) is 1. The Morgan fingerprint density at radius 2 is 2.04 bits per heavy atom. The zero-order chi connectivity index (χ0) is 19.3. The van der Waals surface area contributed by atoms with Crippen LogP contribution in [0.5, 0.6) is 0 Å². The highest BCUT2D eigenvalue weighted by molar-refractivity contribution is 7.91. The predicted octanol–water partition coefficient (Wildman–Crippen LogP) is 2.48. The van der Waals surface area contributed by atoms with E-state index in [1.54, 1.807) is 13.3 Å². The SMILES string of the molecule is C#CCN(Cc1cnc(S(=O)(=O)CC2CC2)n1CCOC)C1CCCCC1. The number of methoxy groups -OCH3 is 1. The Morgan fingerprint density at radius 1 is 1.30 bits per heavy atom. The van der Waals surface area contributed by atoms with Crippen LogP contribution in [0, 0.1) is 18.3 Å². The lowest BCUT2D eigenvalue weighted by Gasteiger charge is -2.33. The van der Waals surface area contributed by atoms with Gasteiger partial charge in [-0.2, -0.15) is 0 Å². The van der Waals surface area contributed by atoms with Gasteiger partial charge in [0.15, 0.2) is 0 Å². The van der Waals surface area contributed by atoms with Crippen LogP contribution >= 0.6 is 0 Å². The Kier molecular flexibility index (Phi) is 6.96. The van der Waals surface area contributed by atoms with Crippen LogP contribution in [-0.4, -0.2) is 54.9 Å². The first kappa shape index (κ1) is 20.4. The second-order valence-corrected chi connectivity index (χ2v) is 9.73. The number of aromatic nitrogens is 2. The first-order valence-corrected chi connectivity index (χ1v) is 11.6. The van der Waals surface area contributed by atoms with Crippen molar-refractivity contribution in [1.29, 1.82) is 0 Å². The van der Waals surface area contributed by atoms with Crippen molar-refractivity contribution in [3.8, 4) is 12.3 Å². The number of rotatable bonds is 10. The molecule has 0 N–H and O–H groups in total. The monoisotopic (exact) mass is 393 g/mol. The van der Waals surface area contributed by atoms with Crippen LogP contribution < -0.4 is 0 Å². The maximum atomic E-state index is 12.8. The van der Waals surface area contributed by atoms with Gasteiger partial charge in [0.2, 0.25) is 15.0 Å². The molecular weight excluding hydrogens is 362 g/mol. The molecule has 150 valence electrons. The molecule has 0 radical (unpaired) electrons. The van der Waals surface area contributed by atoms with E-state index >= 15 is 0 Å². The van der Waals surface area contributed by atoms with Crippen LogP contribution in [0.15, 0.2) is 11.4 Å². The number of terminal acetylenes is 1. The number of sulfone groups is 1. The van der Waals surface area contributed by atoms with E-state index in [0.29, 0.717) is 38.2 Å². The van der Waals surface area contributed by atoms with Crippen LogP contribution in [-0.2, 0) is 27.7 Å². The predicted molar refractivity (Wildman–Crippen MR) is 105 cm³/mol. The van der Waals surface area contributed by atoms with Crippen molar-refractivity contribution in [2.24, 2.45) is 5.92 Å². The Hall–Kier alpha value is -1.36. The van der Waals surface area contributed by atoms with Gasteiger partial charge in [-0.25, -0.2) is 13.4 Å². The van der Waals surface area contributed by atoms with Crippen LogP contribution in [0.1, 0.15) is 50.6 Å². The van der Waals surface area contributed by atoms with E-state index in [1.165, 1.54) is 19.3 Å². The van der Waals surface area contributed by atoms with E-state index in [-0.39, 0.29) is 10.9 Å². The second-order valence-electron chi connectivity index (χ2n) is 7.80. The summed E-state index contributed by atoms with van der Waals surface area (Å²) in [5.74, 6) is 3.27. The average molecular weight is 394 g/mol. The van der Waals surface area contributed by atoms with Crippen LogP contribution in [0.25, 0.3) is 0 Å². The second kappa shape index (κ2) is 9.22. The van der Waals surface area contributed by atoms with Crippen LogP contribution in [0.2, 0.25) is 0 Å². The van der Waals surface area contributed by atoms with Crippen LogP contribution in [0.3, 0.4) is 0 Å². The minimum Gasteiger partial charge on any atom is -0.383 e. The van der Waals surface area contributed by atoms with E-state index in [2.05, 4.69) is 15.8 Å². The largest absolute Gasteiger partial charge is 0.383 e. The molecule has 2 saturated carbocycles. The van der Waals surface area contributed by atoms with Crippen molar-refractivity contribution in [2.75, 3.05) is 26.0 Å². The zero-order valence-corrected chi connectivity index (χ0v) is 17.1. The van der Waals surface area contributed by atoms with E-state index in [0.717, 1.165) is 31.4 Å². The summed E-state index contributed by atoms with van der Waals surface area (Å²) in [6.07, 6.45) is 15.4. The summed E-state index contributed by atoms with van der Waals surface area (Å²) in [6.45, 7) is 2.14. The molecule has 0 spiro atoms. The van der Waals surface area contributed by atoms with Gasteiger partial charge in [0.05, 0.1) is 30.8 Å². The maximum Gasteiger partial charge on any atom is 0.227 e. The van der Waals surface area contributed by atoms with E-state index in [4.69, 9.17) is 11.2 Å². The summed E-state index contributed by atoms with van der Waals surface area (Å²) in [7, 11) is -1.75. The summed E-state index contributed by atoms with van der Waals surface area (Å²) in [5, 5.41) is 0.186. The number of hydrogen-bond donors (Lipinski definition) is 0. The first-order valence-electron chi connectivity index (χ1n) is 9.98. The highest BCUT2D eigenvalue weighted by Crippen LogP contribution is 2.32. The fourth-order valence-electron chi connectivity index (χ4n) is 3.94. The van der Waals surface area contributed by atoms with E-state index in [1.807, 2.05) is 4.57 Å². The van der Waals surface area contributed by atoms with Gasteiger partial charge in [-0.1, -0.05) is 25.2 Å². The molecule has 1 aromatic rings. The van der Waals surface area contributed by atoms with Gasteiger partial charge >= 0.3 is 0 Å². The van der Waals surface area contributed by atoms with Gasteiger partial charge in [-0.05, 0) is 31.6 Å². The van der Waals surface area contributed by atoms with Crippen molar-refractivity contribution in [1.82, 2.24) is 14.5 Å². The normalized spacial score (nSPS) is 18.7. The molecular formula is C20H31N3O3S.